The van der Waals surface area contributed by atoms with Gasteiger partial charge < -0.3 is 15.4 Å². The zero-order valence-electron chi connectivity index (χ0n) is 13.3. The number of aliphatic carboxylic acids is 1. The predicted molar refractivity (Wildman–Crippen MR) is 88.3 cm³/mol. The Morgan fingerprint density at radius 3 is 2.74 bits per heavy atom. The van der Waals surface area contributed by atoms with E-state index in [1.807, 2.05) is 25.3 Å². The Balaban J connectivity index is 1.66. The second kappa shape index (κ2) is 6.07. The number of rotatable bonds is 5. The summed E-state index contributed by atoms with van der Waals surface area (Å²) in [7, 11) is 0. The maximum Gasteiger partial charge on any atom is 0.329 e. The highest BCUT2D eigenvalue weighted by molar-refractivity contribution is 5.88. The van der Waals surface area contributed by atoms with Gasteiger partial charge in [0, 0.05) is 23.5 Å². The number of aromatic nitrogens is 1. The van der Waals surface area contributed by atoms with Crippen LogP contribution in [-0.2, 0) is 16.0 Å². The summed E-state index contributed by atoms with van der Waals surface area (Å²) in [6.07, 6.45) is 5.60. The molecule has 1 aromatic heterocycles. The van der Waals surface area contributed by atoms with Crippen molar-refractivity contribution in [1.29, 1.82) is 0 Å². The molecule has 1 saturated carbocycles. The Hall–Kier alpha value is -2.30. The Labute approximate surface area is 135 Å². The van der Waals surface area contributed by atoms with Crippen LogP contribution in [0.25, 0.3) is 10.9 Å². The van der Waals surface area contributed by atoms with Crippen molar-refractivity contribution in [2.24, 2.45) is 0 Å². The molecule has 1 fully saturated rings. The molecule has 0 bridgehead atoms. The molecule has 1 heterocycles. The number of carboxylic acid groups (broad SMARTS) is 1. The maximum atomic E-state index is 12.2. The van der Waals surface area contributed by atoms with Crippen LogP contribution in [0, 0.1) is 6.92 Å². The number of hydrogen-bond donors (Lipinski definition) is 3. The van der Waals surface area contributed by atoms with Gasteiger partial charge in [-0.3, -0.25) is 4.79 Å². The van der Waals surface area contributed by atoms with Crippen molar-refractivity contribution in [3.63, 3.8) is 0 Å². The number of carbonyl (C=O) groups is 2. The zero-order chi connectivity index (χ0) is 16.4. The molecular formula is C18H22N2O3. The van der Waals surface area contributed by atoms with Crippen LogP contribution < -0.4 is 5.32 Å². The highest BCUT2D eigenvalue weighted by atomic mass is 16.4. The molecule has 0 aliphatic heterocycles. The average Bonchev–Trinajstić information content (AvgIpc) is 3.12. The van der Waals surface area contributed by atoms with E-state index in [0.29, 0.717) is 25.7 Å². The summed E-state index contributed by atoms with van der Waals surface area (Å²) in [5, 5.41) is 13.3. The third-order valence-corrected chi connectivity index (χ3v) is 4.79. The minimum atomic E-state index is -1.05. The smallest absolute Gasteiger partial charge is 0.329 e. The summed E-state index contributed by atoms with van der Waals surface area (Å²) in [6.45, 7) is 2.04. The number of benzene rings is 1. The van der Waals surface area contributed by atoms with Crippen LogP contribution in [-0.4, -0.2) is 27.5 Å². The molecule has 1 aliphatic rings. The van der Waals surface area contributed by atoms with Gasteiger partial charge >= 0.3 is 5.97 Å². The van der Waals surface area contributed by atoms with Gasteiger partial charge in [0.1, 0.15) is 5.54 Å². The number of carboxylic acids is 1. The molecule has 5 heteroatoms. The number of H-pyrrole nitrogens is 1. The lowest BCUT2D eigenvalue weighted by Crippen LogP contribution is -2.52. The lowest BCUT2D eigenvalue weighted by molar-refractivity contribution is -0.147. The van der Waals surface area contributed by atoms with Crippen LogP contribution in [0.3, 0.4) is 0 Å². The minimum absolute atomic E-state index is 0.184. The van der Waals surface area contributed by atoms with Crippen molar-refractivity contribution >= 4 is 22.8 Å². The van der Waals surface area contributed by atoms with Gasteiger partial charge in [-0.2, -0.15) is 0 Å². The van der Waals surface area contributed by atoms with Gasteiger partial charge in [-0.1, -0.05) is 24.5 Å². The summed E-state index contributed by atoms with van der Waals surface area (Å²) in [5.74, 6) is -1.10. The molecule has 1 aliphatic carbocycles. The van der Waals surface area contributed by atoms with E-state index in [1.54, 1.807) is 0 Å². The molecule has 1 aromatic carbocycles. The van der Waals surface area contributed by atoms with Gasteiger partial charge in [0.15, 0.2) is 0 Å². The second-order valence-corrected chi connectivity index (χ2v) is 6.51. The highest BCUT2D eigenvalue weighted by Crippen LogP contribution is 2.30. The van der Waals surface area contributed by atoms with Crippen LogP contribution in [0.5, 0.6) is 0 Å². The van der Waals surface area contributed by atoms with E-state index < -0.39 is 11.5 Å². The molecule has 2 aromatic rings. The SMILES string of the molecule is Cc1ccc2[nH]cc(CCC(=O)NC3(C(=O)O)CCCC3)c2c1. The third-order valence-electron chi connectivity index (χ3n) is 4.79. The average molecular weight is 314 g/mol. The zero-order valence-corrected chi connectivity index (χ0v) is 13.3. The van der Waals surface area contributed by atoms with Crippen molar-refractivity contribution in [3.05, 3.63) is 35.5 Å². The number of amides is 1. The van der Waals surface area contributed by atoms with E-state index in [4.69, 9.17) is 0 Å². The first-order chi connectivity index (χ1) is 11.0. The van der Waals surface area contributed by atoms with E-state index in [9.17, 15) is 14.7 Å². The van der Waals surface area contributed by atoms with Gasteiger partial charge in [0.25, 0.3) is 0 Å². The molecule has 3 N–H and O–H groups in total. The predicted octanol–water partition coefficient (Wildman–Crippen LogP) is 2.92. The Bertz CT molecular complexity index is 742. The molecule has 0 radical (unpaired) electrons. The Morgan fingerprint density at radius 1 is 1.30 bits per heavy atom. The minimum Gasteiger partial charge on any atom is -0.480 e. The lowest BCUT2D eigenvalue weighted by atomic mass is 9.97. The topological polar surface area (TPSA) is 82.2 Å². The fourth-order valence-electron chi connectivity index (χ4n) is 3.45. The second-order valence-electron chi connectivity index (χ2n) is 6.51. The summed E-state index contributed by atoms with van der Waals surface area (Å²) < 4.78 is 0. The van der Waals surface area contributed by atoms with Crippen LogP contribution in [0.4, 0.5) is 0 Å². The number of fused-ring (bicyclic) bond motifs is 1. The van der Waals surface area contributed by atoms with Crippen molar-refractivity contribution < 1.29 is 14.7 Å². The number of aryl methyl sites for hydroxylation is 2. The van der Waals surface area contributed by atoms with Gasteiger partial charge in [-0.25, -0.2) is 4.79 Å². The van der Waals surface area contributed by atoms with Crippen molar-refractivity contribution in [2.45, 2.75) is 51.0 Å². The molecule has 0 atom stereocenters. The molecule has 0 saturated heterocycles. The first-order valence-corrected chi connectivity index (χ1v) is 8.11. The van der Waals surface area contributed by atoms with Gasteiger partial charge in [0.05, 0.1) is 0 Å². The molecule has 5 nitrogen and oxygen atoms in total. The summed E-state index contributed by atoms with van der Waals surface area (Å²) in [6, 6.07) is 6.19. The third kappa shape index (κ3) is 3.09. The molecule has 0 unspecified atom stereocenters. The molecule has 0 spiro atoms. The summed E-state index contributed by atoms with van der Waals surface area (Å²) >= 11 is 0. The fourth-order valence-corrected chi connectivity index (χ4v) is 3.45. The molecular weight excluding hydrogens is 292 g/mol. The maximum absolute atomic E-state index is 12.2. The van der Waals surface area contributed by atoms with Crippen LogP contribution in [0.15, 0.2) is 24.4 Å². The number of aromatic amines is 1. The van der Waals surface area contributed by atoms with Crippen molar-refractivity contribution in [1.82, 2.24) is 10.3 Å². The van der Waals surface area contributed by atoms with Gasteiger partial charge in [0.2, 0.25) is 5.91 Å². The van der Waals surface area contributed by atoms with E-state index in [1.165, 1.54) is 5.56 Å². The Morgan fingerprint density at radius 2 is 2.04 bits per heavy atom. The normalized spacial score (nSPS) is 16.6. The van der Waals surface area contributed by atoms with E-state index >= 15 is 0 Å². The van der Waals surface area contributed by atoms with E-state index in [0.717, 1.165) is 29.3 Å². The lowest BCUT2D eigenvalue weighted by Gasteiger charge is -2.25. The van der Waals surface area contributed by atoms with Crippen LogP contribution in [0.1, 0.15) is 43.2 Å². The number of carbonyl (C=O) groups excluding carboxylic acids is 1. The largest absolute Gasteiger partial charge is 0.480 e. The van der Waals surface area contributed by atoms with Gasteiger partial charge in [-0.05, 0) is 43.9 Å². The van der Waals surface area contributed by atoms with Crippen molar-refractivity contribution in [3.8, 4) is 0 Å². The quantitative estimate of drug-likeness (QED) is 0.793. The molecule has 3 rings (SSSR count). The Kier molecular flexibility index (Phi) is 4.11. The number of hydrogen-bond acceptors (Lipinski definition) is 2. The summed E-state index contributed by atoms with van der Waals surface area (Å²) in [5.41, 5.74) is 2.28. The standard InChI is InChI=1S/C18H22N2O3/c1-12-4-6-15-14(10-12)13(11-19-15)5-7-16(21)20-18(17(22)23)8-2-3-9-18/h4,6,10-11,19H,2-3,5,7-9H2,1H3,(H,20,21)(H,22,23). The molecule has 122 valence electrons. The van der Waals surface area contributed by atoms with E-state index in [2.05, 4.69) is 16.4 Å². The van der Waals surface area contributed by atoms with E-state index in [-0.39, 0.29) is 5.91 Å². The molecule has 23 heavy (non-hydrogen) atoms. The summed E-state index contributed by atoms with van der Waals surface area (Å²) in [4.78, 5) is 26.9. The van der Waals surface area contributed by atoms with Gasteiger partial charge in [-0.15, -0.1) is 0 Å². The number of nitrogens with one attached hydrogen (secondary N) is 2. The highest BCUT2D eigenvalue weighted by Gasteiger charge is 2.42. The first kappa shape index (κ1) is 15.6. The van der Waals surface area contributed by atoms with Crippen LogP contribution in [0.2, 0.25) is 0 Å². The first-order valence-electron chi connectivity index (χ1n) is 8.11. The molecule has 1 amide bonds. The monoisotopic (exact) mass is 314 g/mol. The van der Waals surface area contributed by atoms with Crippen molar-refractivity contribution in [2.75, 3.05) is 0 Å². The fraction of sp³-hybridized carbons (Fsp3) is 0.444. The van der Waals surface area contributed by atoms with Crippen LogP contribution >= 0.6 is 0 Å².